The Kier molecular flexibility index (Phi) is 4.51. The van der Waals surface area contributed by atoms with Crippen molar-refractivity contribution in [3.8, 4) is 0 Å². The lowest BCUT2D eigenvalue weighted by atomic mass is 10.1. The molecule has 0 aliphatic carbocycles. The number of hydrogen-bond donors (Lipinski definition) is 2. The Bertz CT molecular complexity index is 1120. The molecule has 0 saturated heterocycles. The summed E-state index contributed by atoms with van der Waals surface area (Å²) in [7, 11) is 0. The first kappa shape index (κ1) is 17.3. The van der Waals surface area contributed by atoms with Crippen LogP contribution in [0.1, 0.15) is 21.7 Å². The number of non-ortho nitro benzene ring substituents is 1. The van der Waals surface area contributed by atoms with Gasteiger partial charge in [-0.3, -0.25) is 14.9 Å². The number of carboxylic acid groups (broad SMARTS) is 1. The minimum Gasteiger partial charge on any atom is -0.478 e. The summed E-state index contributed by atoms with van der Waals surface area (Å²) in [6.45, 7) is 0. The second-order valence-corrected chi connectivity index (χ2v) is 5.70. The van der Waals surface area contributed by atoms with Gasteiger partial charge in [-0.1, -0.05) is 11.6 Å². The third kappa shape index (κ3) is 3.45. The molecule has 0 aliphatic rings. The van der Waals surface area contributed by atoms with Crippen LogP contribution in [-0.2, 0) is 0 Å². The average molecular weight is 372 g/mol. The number of halogens is 1. The topological polar surface area (TPSA) is 126 Å². The summed E-state index contributed by atoms with van der Waals surface area (Å²) in [5.41, 5.74) is 0.243. The lowest BCUT2D eigenvalue weighted by Crippen LogP contribution is -2.11. The van der Waals surface area contributed by atoms with Crippen molar-refractivity contribution in [1.29, 1.82) is 0 Å². The number of aromatic amines is 1. The van der Waals surface area contributed by atoms with Gasteiger partial charge in [0.15, 0.2) is 5.82 Å². The van der Waals surface area contributed by atoms with E-state index in [1.165, 1.54) is 48.5 Å². The molecule has 0 saturated carbocycles. The molecule has 0 spiro atoms. The molecule has 0 fully saturated rings. The van der Waals surface area contributed by atoms with E-state index in [0.717, 1.165) is 0 Å². The van der Waals surface area contributed by atoms with Crippen LogP contribution >= 0.6 is 11.6 Å². The molecule has 26 heavy (non-hydrogen) atoms. The number of nitrogens with one attached hydrogen (secondary N) is 1. The van der Waals surface area contributed by atoms with E-state index in [4.69, 9.17) is 16.7 Å². The van der Waals surface area contributed by atoms with Crippen molar-refractivity contribution >= 4 is 45.3 Å². The summed E-state index contributed by atoms with van der Waals surface area (Å²) < 4.78 is 0. The Morgan fingerprint density at radius 3 is 2.54 bits per heavy atom. The molecular weight excluding hydrogens is 362 g/mol. The number of nitro benzene ring substituents is 1. The van der Waals surface area contributed by atoms with Gasteiger partial charge in [0.25, 0.3) is 11.2 Å². The number of carboxylic acids is 1. The fourth-order valence-electron chi connectivity index (χ4n) is 2.29. The van der Waals surface area contributed by atoms with Crippen molar-refractivity contribution in [2.45, 2.75) is 0 Å². The summed E-state index contributed by atoms with van der Waals surface area (Å²) in [6, 6.07) is 9.63. The number of hydrogen-bond acceptors (Lipinski definition) is 5. The second-order valence-electron chi connectivity index (χ2n) is 5.29. The highest BCUT2D eigenvalue weighted by Gasteiger charge is 2.10. The van der Waals surface area contributed by atoms with Gasteiger partial charge in [0.05, 0.1) is 26.4 Å². The van der Waals surface area contributed by atoms with Gasteiger partial charge in [0, 0.05) is 12.1 Å². The van der Waals surface area contributed by atoms with E-state index in [1.807, 2.05) is 0 Å². The fraction of sp³-hybridized carbons (Fsp3) is 0. The van der Waals surface area contributed by atoms with Crippen molar-refractivity contribution < 1.29 is 14.8 Å². The lowest BCUT2D eigenvalue weighted by molar-refractivity contribution is -0.384. The maximum atomic E-state index is 12.2. The number of aromatic carboxylic acids is 1. The summed E-state index contributed by atoms with van der Waals surface area (Å²) in [6.07, 6.45) is 1.48. The zero-order chi connectivity index (χ0) is 18.8. The van der Waals surface area contributed by atoms with E-state index in [2.05, 4.69) is 9.97 Å². The molecule has 0 bridgehead atoms. The first-order chi connectivity index (χ1) is 12.3. The number of nitrogens with zero attached hydrogens (tertiary/aromatic N) is 2. The molecule has 0 amide bonds. The zero-order valence-electron chi connectivity index (χ0n) is 13.0. The molecule has 1 heterocycles. The fourth-order valence-corrected chi connectivity index (χ4v) is 2.51. The Morgan fingerprint density at radius 1 is 1.23 bits per heavy atom. The molecule has 0 aliphatic heterocycles. The molecule has 3 rings (SSSR count). The predicted molar refractivity (Wildman–Crippen MR) is 96.1 cm³/mol. The number of nitro groups is 1. The van der Waals surface area contributed by atoms with Gasteiger partial charge in [-0.25, -0.2) is 9.78 Å². The molecular formula is C17H10ClN3O5. The molecule has 3 aromatic rings. The predicted octanol–water partition coefficient (Wildman–Crippen LogP) is 3.27. The van der Waals surface area contributed by atoms with E-state index in [-0.39, 0.29) is 33.0 Å². The Morgan fingerprint density at radius 2 is 1.92 bits per heavy atom. The highest BCUT2D eigenvalue weighted by Crippen LogP contribution is 2.21. The van der Waals surface area contributed by atoms with Gasteiger partial charge in [-0.05, 0) is 42.0 Å². The van der Waals surface area contributed by atoms with Crippen molar-refractivity contribution in [2.75, 3.05) is 0 Å². The molecule has 8 nitrogen and oxygen atoms in total. The molecule has 0 atom stereocenters. The van der Waals surface area contributed by atoms with E-state index in [1.54, 1.807) is 0 Å². The smallest absolute Gasteiger partial charge is 0.335 e. The number of carbonyl (C=O) groups is 1. The van der Waals surface area contributed by atoms with Crippen molar-refractivity contribution in [1.82, 2.24) is 9.97 Å². The molecule has 0 unspecified atom stereocenters. The normalized spacial score (nSPS) is 11.5. The molecule has 9 heteroatoms. The second kappa shape index (κ2) is 6.77. The van der Waals surface area contributed by atoms with Gasteiger partial charge >= 0.3 is 5.97 Å². The number of aromatic nitrogens is 2. The third-order valence-electron chi connectivity index (χ3n) is 3.58. The van der Waals surface area contributed by atoms with E-state index in [0.29, 0.717) is 5.56 Å². The van der Waals surface area contributed by atoms with Crippen LogP contribution in [0.3, 0.4) is 0 Å². The summed E-state index contributed by atoms with van der Waals surface area (Å²) in [5.74, 6) is -1.08. The SMILES string of the molecule is O=C(O)c1ccc2c(=O)[nH]c(/C(Cl)=C/c3ccc([N+](=O)[O-])cc3)nc2c1. The van der Waals surface area contributed by atoms with Crippen molar-refractivity contribution in [3.05, 3.63) is 79.9 Å². The van der Waals surface area contributed by atoms with Crippen molar-refractivity contribution in [3.63, 3.8) is 0 Å². The monoisotopic (exact) mass is 371 g/mol. The van der Waals surface area contributed by atoms with Crippen molar-refractivity contribution in [2.24, 2.45) is 0 Å². The van der Waals surface area contributed by atoms with Crippen LogP contribution in [-0.4, -0.2) is 26.0 Å². The zero-order valence-corrected chi connectivity index (χ0v) is 13.7. The number of rotatable bonds is 4. The first-order valence-corrected chi connectivity index (χ1v) is 7.62. The highest BCUT2D eigenvalue weighted by molar-refractivity contribution is 6.50. The van der Waals surface area contributed by atoms with Crippen LogP contribution in [0.4, 0.5) is 5.69 Å². The van der Waals surface area contributed by atoms with Gasteiger partial charge < -0.3 is 10.1 Å². The van der Waals surface area contributed by atoms with E-state index < -0.39 is 16.5 Å². The third-order valence-corrected chi connectivity index (χ3v) is 3.87. The molecule has 2 N–H and O–H groups in total. The first-order valence-electron chi connectivity index (χ1n) is 7.24. The van der Waals surface area contributed by atoms with Crippen LogP contribution in [0.2, 0.25) is 0 Å². The Hall–Kier alpha value is -3.52. The molecule has 130 valence electrons. The van der Waals surface area contributed by atoms with Crippen LogP contribution in [0.5, 0.6) is 0 Å². The molecule has 0 radical (unpaired) electrons. The maximum absolute atomic E-state index is 12.2. The van der Waals surface area contributed by atoms with E-state index in [9.17, 15) is 19.7 Å². The quantitative estimate of drug-likeness (QED) is 0.535. The molecule has 2 aromatic carbocycles. The Labute approximate surface area is 150 Å². The van der Waals surface area contributed by atoms with Gasteiger partial charge in [-0.15, -0.1) is 0 Å². The van der Waals surface area contributed by atoms with Gasteiger partial charge in [0.1, 0.15) is 0 Å². The lowest BCUT2D eigenvalue weighted by Gasteiger charge is -2.03. The van der Waals surface area contributed by atoms with Gasteiger partial charge in [-0.2, -0.15) is 0 Å². The number of benzene rings is 2. The summed E-state index contributed by atoms with van der Waals surface area (Å²) >= 11 is 6.20. The van der Waals surface area contributed by atoms with Crippen LogP contribution in [0.25, 0.3) is 22.0 Å². The largest absolute Gasteiger partial charge is 0.478 e. The average Bonchev–Trinajstić information content (AvgIpc) is 2.61. The van der Waals surface area contributed by atoms with E-state index >= 15 is 0 Å². The van der Waals surface area contributed by atoms with Crippen LogP contribution < -0.4 is 5.56 Å². The minimum absolute atomic E-state index is 0.00276. The van der Waals surface area contributed by atoms with Crippen LogP contribution in [0.15, 0.2) is 47.3 Å². The standard InChI is InChI=1S/C17H10ClN3O5/c18-13(7-9-1-4-11(5-2-9)21(25)26)15-19-14-8-10(17(23)24)3-6-12(14)16(22)20-15/h1-8H,(H,23,24)(H,19,20,22)/b13-7-. The maximum Gasteiger partial charge on any atom is 0.335 e. The Balaban J connectivity index is 2.04. The van der Waals surface area contributed by atoms with Gasteiger partial charge in [0.2, 0.25) is 0 Å². The summed E-state index contributed by atoms with van der Waals surface area (Å²) in [4.78, 5) is 40.1. The minimum atomic E-state index is -1.14. The molecule has 1 aromatic heterocycles. The number of fused-ring (bicyclic) bond motifs is 1. The highest BCUT2D eigenvalue weighted by atomic mass is 35.5. The number of H-pyrrole nitrogens is 1. The summed E-state index contributed by atoms with van der Waals surface area (Å²) in [5, 5.41) is 20.0. The van der Waals surface area contributed by atoms with Crippen LogP contribution in [0, 0.1) is 10.1 Å².